The third kappa shape index (κ3) is 3.21. The highest BCUT2D eigenvalue weighted by Gasteiger charge is 2.32. The van der Waals surface area contributed by atoms with Crippen molar-refractivity contribution in [3.05, 3.63) is 52.7 Å². The maximum Gasteiger partial charge on any atom is 0.273 e. The van der Waals surface area contributed by atoms with E-state index < -0.39 is 0 Å². The number of hydrogen-bond acceptors (Lipinski definition) is 4. The molecule has 0 bridgehead atoms. The SMILES string of the molecule is CCc1ccc([C@H]2COCCN2C(=O)c2ccc3c(n2)CCCC3)o1. The van der Waals surface area contributed by atoms with Crippen LogP contribution in [0.5, 0.6) is 0 Å². The van der Waals surface area contributed by atoms with E-state index in [1.807, 2.05) is 23.1 Å². The number of morpholine rings is 1. The molecule has 1 amide bonds. The lowest BCUT2D eigenvalue weighted by molar-refractivity contribution is -0.00932. The summed E-state index contributed by atoms with van der Waals surface area (Å²) in [6.07, 6.45) is 5.26. The number of amides is 1. The van der Waals surface area contributed by atoms with Crippen molar-refractivity contribution in [3.63, 3.8) is 0 Å². The minimum atomic E-state index is -0.181. The Labute approximate surface area is 148 Å². The first-order valence-corrected chi connectivity index (χ1v) is 9.22. The van der Waals surface area contributed by atoms with E-state index in [0.717, 1.165) is 42.9 Å². The van der Waals surface area contributed by atoms with Crippen molar-refractivity contribution in [1.29, 1.82) is 0 Å². The summed E-state index contributed by atoms with van der Waals surface area (Å²) in [6, 6.07) is 7.70. The quantitative estimate of drug-likeness (QED) is 0.860. The summed E-state index contributed by atoms with van der Waals surface area (Å²) in [4.78, 5) is 19.6. The largest absolute Gasteiger partial charge is 0.464 e. The van der Waals surface area contributed by atoms with E-state index in [4.69, 9.17) is 9.15 Å². The number of ether oxygens (including phenoxy) is 1. The molecule has 2 aromatic heterocycles. The molecule has 25 heavy (non-hydrogen) atoms. The number of carbonyl (C=O) groups excluding carboxylic acids is 1. The molecule has 1 fully saturated rings. The van der Waals surface area contributed by atoms with Gasteiger partial charge in [-0.1, -0.05) is 13.0 Å². The van der Waals surface area contributed by atoms with Crippen molar-refractivity contribution in [3.8, 4) is 0 Å². The minimum Gasteiger partial charge on any atom is -0.464 e. The van der Waals surface area contributed by atoms with Crippen LogP contribution >= 0.6 is 0 Å². The van der Waals surface area contributed by atoms with E-state index in [2.05, 4.69) is 18.0 Å². The van der Waals surface area contributed by atoms with E-state index in [0.29, 0.717) is 25.5 Å². The summed E-state index contributed by atoms with van der Waals surface area (Å²) < 4.78 is 11.5. The highest BCUT2D eigenvalue weighted by molar-refractivity contribution is 5.92. The van der Waals surface area contributed by atoms with Crippen LogP contribution in [0.15, 0.2) is 28.7 Å². The van der Waals surface area contributed by atoms with E-state index in [9.17, 15) is 4.79 Å². The summed E-state index contributed by atoms with van der Waals surface area (Å²) in [5.41, 5.74) is 2.92. The molecule has 2 aliphatic rings. The number of fused-ring (bicyclic) bond motifs is 1. The number of furan rings is 1. The van der Waals surface area contributed by atoms with Gasteiger partial charge in [-0.25, -0.2) is 4.98 Å². The van der Waals surface area contributed by atoms with Gasteiger partial charge in [0.05, 0.1) is 13.2 Å². The Hall–Kier alpha value is -2.14. The number of aromatic nitrogens is 1. The lowest BCUT2D eigenvalue weighted by Crippen LogP contribution is -2.43. The zero-order valence-corrected chi connectivity index (χ0v) is 14.7. The zero-order chi connectivity index (χ0) is 17.2. The Balaban J connectivity index is 1.60. The molecule has 1 aliphatic heterocycles. The van der Waals surface area contributed by atoms with Crippen LogP contribution in [0, 0.1) is 0 Å². The maximum atomic E-state index is 13.1. The topological polar surface area (TPSA) is 55.6 Å². The Morgan fingerprint density at radius 3 is 2.96 bits per heavy atom. The Kier molecular flexibility index (Phi) is 4.57. The van der Waals surface area contributed by atoms with Gasteiger partial charge >= 0.3 is 0 Å². The molecule has 0 unspecified atom stereocenters. The maximum absolute atomic E-state index is 13.1. The second-order valence-electron chi connectivity index (χ2n) is 6.76. The number of nitrogens with zero attached hydrogens (tertiary/aromatic N) is 2. The highest BCUT2D eigenvalue weighted by atomic mass is 16.5. The third-order valence-electron chi connectivity index (χ3n) is 5.15. The van der Waals surface area contributed by atoms with Crippen LogP contribution in [-0.2, 0) is 24.0 Å². The molecule has 5 nitrogen and oxygen atoms in total. The summed E-state index contributed by atoms with van der Waals surface area (Å²) in [5.74, 6) is 1.69. The van der Waals surface area contributed by atoms with Gasteiger partial charge in [0.15, 0.2) is 0 Å². The van der Waals surface area contributed by atoms with Crippen LogP contribution in [0.3, 0.4) is 0 Å². The predicted octanol–water partition coefficient (Wildman–Crippen LogP) is 3.33. The van der Waals surface area contributed by atoms with Crippen molar-refractivity contribution in [2.24, 2.45) is 0 Å². The lowest BCUT2D eigenvalue weighted by Gasteiger charge is -2.34. The van der Waals surface area contributed by atoms with Crippen molar-refractivity contribution in [2.75, 3.05) is 19.8 Å². The van der Waals surface area contributed by atoms with Crippen molar-refractivity contribution in [2.45, 2.75) is 45.1 Å². The van der Waals surface area contributed by atoms with Gasteiger partial charge in [0.1, 0.15) is 23.3 Å². The number of aryl methyl sites for hydroxylation is 3. The fraction of sp³-hybridized carbons (Fsp3) is 0.500. The Morgan fingerprint density at radius 2 is 2.12 bits per heavy atom. The van der Waals surface area contributed by atoms with E-state index in [1.54, 1.807) is 0 Å². The average molecular weight is 340 g/mol. The second-order valence-corrected chi connectivity index (χ2v) is 6.76. The lowest BCUT2D eigenvalue weighted by atomic mass is 9.96. The minimum absolute atomic E-state index is 0.0314. The van der Waals surface area contributed by atoms with Gasteiger partial charge in [-0.3, -0.25) is 4.79 Å². The van der Waals surface area contributed by atoms with Gasteiger partial charge in [0, 0.05) is 18.7 Å². The first kappa shape index (κ1) is 16.3. The molecule has 2 aromatic rings. The molecule has 1 aliphatic carbocycles. The van der Waals surface area contributed by atoms with Crippen molar-refractivity contribution >= 4 is 5.91 Å². The van der Waals surface area contributed by atoms with Gasteiger partial charge in [0.25, 0.3) is 5.91 Å². The molecule has 4 rings (SSSR count). The van der Waals surface area contributed by atoms with Crippen LogP contribution in [-0.4, -0.2) is 35.5 Å². The first-order chi connectivity index (χ1) is 12.3. The molecule has 132 valence electrons. The van der Waals surface area contributed by atoms with Gasteiger partial charge < -0.3 is 14.1 Å². The molecule has 0 saturated carbocycles. The van der Waals surface area contributed by atoms with Crippen LogP contribution in [0.4, 0.5) is 0 Å². The number of hydrogen-bond donors (Lipinski definition) is 0. The molecule has 1 saturated heterocycles. The molecular weight excluding hydrogens is 316 g/mol. The van der Waals surface area contributed by atoms with Gasteiger partial charge in [-0.2, -0.15) is 0 Å². The molecule has 0 aromatic carbocycles. The van der Waals surface area contributed by atoms with Gasteiger partial charge in [-0.15, -0.1) is 0 Å². The number of carbonyl (C=O) groups is 1. The monoisotopic (exact) mass is 340 g/mol. The Morgan fingerprint density at radius 1 is 1.24 bits per heavy atom. The predicted molar refractivity (Wildman–Crippen MR) is 93.6 cm³/mol. The smallest absolute Gasteiger partial charge is 0.273 e. The van der Waals surface area contributed by atoms with Crippen molar-refractivity contribution < 1.29 is 13.9 Å². The van der Waals surface area contributed by atoms with Gasteiger partial charge in [-0.05, 0) is 49.4 Å². The fourth-order valence-corrected chi connectivity index (χ4v) is 3.69. The normalized spacial score (nSPS) is 20.4. The first-order valence-electron chi connectivity index (χ1n) is 9.22. The Bertz CT molecular complexity index is 768. The molecule has 0 spiro atoms. The summed E-state index contributed by atoms with van der Waals surface area (Å²) in [5, 5.41) is 0. The van der Waals surface area contributed by atoms with E-state index in [1.165, 1.54) is 12.0 Å². The second kappa shape index (κ2) is 7.00. The summed E-state index contributed by atoms with van der Waals surface area (Å²) >= 11 is 0. The standard InChI is InChI=1S/C20H24N2O3/c1-2-15-8-10-19(25-15)18-13-24-12-11-22(18)20(23)17-9-7-14-5-3-4-6-16(14)21-17/h7-10,18H,2-6,11-13H2,1H3/t18-/m1/s1. The molecule has 3 heterocycles. The third-order valence-corrected chi connectivity index (χ3v) is 5.15. The molecule has 0 N–H and O–H groups in total. The van der Waals surface area contributed by atoms with Crippen LogP contribution < -0.4 is 0 Å². The molecule has 0 radical (unpaired) electrons. The molecule has 5 heteroatoms. The van der Waals surface area contributed by atoms with Crippen molar-refractivity contribution in [1.82, 2.24) is 9.88 Å². The van der Waals surface area contributed by atoms with Crippen LogP contribution in [0.2, 0.25) is 0 Å². The van der Waals surface area contributed by atoms with E-state index in [-0.39, 0.29) is 11.9 Å². The number of pyridine rings is 1. The zero-order valence-electron chi connectivity index (χ0n) is 14.7. The summed E-state index contributed by atoms with van der Waals surface area (Å²) in [6.45, 7) is 3.63. The van der Waals surface area contributed by atoms with Crippen LogP contribution in [0.25, 0.3) is 0 Å². The van der Waals surface area contributed by atoms with Crippen LogP contribution in [0.1, 0.15) is 59.1 Å². The molecular formula is C20H24N2O3. The number of rotatable bonds is 3. The van der Waals surface area contributed by atoms with Gasteiger partial charge in [0.2, 0.25) is 0 Å². The molecule has 1 atom stereocenters. The highest BCUT2D eigenvalue weighted by Crippen LogP contribution is 2.28. The summed E-state index contributed by atoms with van der Waals surface area (Å²) in [7, 11) is 0. The fourth-order valence-electron chi connectivity index (χ4n) is 3.69. The average Bonchev–Trinajstić information content (AvgIpc) is 3.16. The van der Waals surface area contributed by atoms with E-state index >= 15 is 0 Å².